The molecular weight excluding hydrogens is 292 g/mol. The van der Waals surface area contributed by atoms with Crippen molar-refractivity contribution in [2.24, 2.45) is 13.0 Å². The van der Waals surface area contributed by atoms with Gasteiger partial charge in [0.2, 0.25) is 0 Å². The van der Waals surface area contributed by atoms with Crippen molar-refractivity contribution >= 4 is 16.9 Å². The van der Waals surface area contributed by atoms with Crippen molar-refractivity contribution in [2.75, 3.05) is 13.6 Å². The topological polar surface area (TPSA) is 71.2 Å². The molecule has 1 fully saturated rings. The number of nitrogens with zero attached hydrogens (tertiary/aromatic N) is 4. The van der Waals surface area contributed by atoms with E-state index in [-0.39, 0.29) is 17.9 Å². The minimum atomic E-state index is -0.292. The van der Waals surface area contributed by atoms with Crippen molar-refractivity contribution in [1.29, 1.82) is 0 Å². The number of aromatic nitrogens is 3. The number of aryl methyl sites for hydroxylation is 2. The molecule has 6 heteroatoms. The quantitative estimate of drug-likeness (QED) is 0.939. The zero-order valence-corrected chi connectivity index (χ0v) is 14.0. The summed E-state index contributed by atoms with van der Waals surface area (Å²) in [5, 5.41) is 15.3. The first-order valence-corrected chi connectivity index (χ1v) is 8.20. The Kier molecular flexibility index (Phi) is 4.35. The van der Waals surface area contributed by atoms with Crippen LogP contribution in [0.3, 0.4) is 0 Å². The van der Waals surface area contributed by atoms with Crippen molar-refractivity contribution in [3.8, 4) is 0 Å². The zero-order chi connectivity index (χ0) is 16.6. The van der Waals surface area contributed by atoms with E-state index in [0.29, 0.717) is 12.1 Å². The average molecular weight is 316 g/mol. The monoisotopic (exact) mass is 316 g/mol. The van der Waals surface area contributed by atoms with E-state index in [2.05, 4.69) is 10.1 Å². The van der Waals surface area contributed by atoms with E-state index >= 15 is 0 Å². The molecular formula is C17H24N4O2. The van der Waals surface area contributed by atoms with Crippen LogP contribution in [-0.2, 0) is 7.05 Å². The lowest BCUT2D eigenvalue weighted by Crippen LogP contribution is -2.38. The van der Waals surface area contributed by atoms with Gasteiger partial charge in [-0.1, -0.05) is 12.8 Å². The summed E-state index contributed by atoms with van der Waals surface area (Å²) < 4.78 is 1.72. The maximum atomic E-state index is 12.7. The van der Waals surface area contributed by atoms with Crippen molar-refractivity contribution in [3.05, 3.63) is 23.5 Å². The third kappa shape index (κ3) is 3.08. The van der Waals surface area contributed by atoms with Crippen molar-refractivity contribution < 1.29 is 9.90 Å². The van der Waals surface area contributed by atoms with Crippen molar-refractivity contribution in [1.82, 2.24) is 19.7 Å². The molecule has 1 aliphatic carbocycles. The fraction of sp³-hybridized carbons (Fsp3) is 0.588. The summed E-state index contributed by atoms with van der Waals surface area (Å²) >= 11 is 0. The van der Waals surface area contributed by atoms with Gasteiger partial charge < -0.3 is 10.0 Å². The molecule has 0 bridgehead atoms. The number of hydrogen-bond donors (Lipinski definition) is 1. The predicted molar refractivity (Wildman–Crippen MR) is 88.2 cm³/mol. The molecule has 1 amide bonds. The third-order valence-electron chi connectivity index (χ3n) is 4.83. The minimum Gasteiger partial charge on any atom is -0.393 e. The zero-order valence-electron chi connectivity index (χ0n) is 14.0. The summed E-state index contributed by atoms with van der Waals surface area (Å²) in [5.74, 6) is 0.120. The van der Waals surface area contributed by atoms with Gasteiger partial charge in [-0.05, 0) is 25.8 Å². The Bertz CT molecular complexity index is 725. The number of hydrogen-bond acceptors (Lipinski definition) is 4. The van der Waals surface area contributed by atoms with Crippen LogP contribution in [0.1, 0.15) is 41.7 Å². The Morgan fingerprint density at radius 1 is 1.43 bits per heavy atom. The molecule has 3 rings (SSSR count). The molecule has 6 nitrogen and oxygen atoms in total. The van der Waals surface area contributed by atoms with E-state index in [0.717, 1.165) is 42.4 Å². The Morgan fingerprint density at radius 3 is 2.91 bits per heavy atom. The maximum Gasteiger partial charge on any atom is 0.255 e. The highest BCUT2D eigenvalue weighted by Gasteiger charge is 2.26. The van der Waals surface area contributed by atoms with Crippen LogP contribution in [0.2, 0.25) is 0 Å². The number of aliphatic hydroxyl groups excluding tert-OH is 1. The first-order valence-electron chi connectivity index (χ1n) is 8.20. The van der Waals surface area contributed by atoms with Gasteiger partial charge in [-0.3, -0.25) is 9.48 Å². The SMILES string of the molecule is Cc1nn(C)c2ncc(C(=O)N(C)CC3CCCCC3O)cc12. The van der Waals surface area contributed by atoms with Gasteiger partial charge >= 0.3 is 0 Å². The normalized spacial score (nSPS) is 21.6. The van der Waals surface area contributed by atoms with E-state index < -0.39 is 0 Å². The number of carbonyl (C=O) groups excluding carboxylic acids is 1. The van der Waals surface area contributed by atoms with Crippen LogP contribution in [0.25, 0.3) is 11.0 Å². The smallest absolute Gasteiger partial charge is 0.255 e. The molecule has 2 unspecified atom stereocenters. The van der Waals surface area contributed by atoms with Crippen LogP contribution in [-0.4, -0.2) is 50.4 Å². The van der Waals surface area contributed by atoms with Crippen LogP contribution in [0, 0.1) is 12.8 Å². The first-order chi connectivity index (χ1) is 11.0. The standard InChI is InChI=1S/C17H24N4O2/c1-11-14-8-13(9-18-16(14)21(3)19-11)17(23)20(2)10-12-6-4-5-7-15(12)22/h8-9,12,15,22H,4-7,10H2,1-3H3. The second-order valence-corrected chi connectivity index (χ2v) is 6.60. The predicted octanol–water partition coefficient (Wildman–Crippen LogP) is 1.90. The Hall–Kier alpha value is -1.95. The molecule has 2 aromatic heterocycles. The number of amides is 1. The van der Waals surface area contributed by atoms with Crippen LogP contribution in [0.15, 0.2) is 12.3 Å². The van der Waals surface area contributed by atoms with Gasteiger partial charge in [0.25, 0.3) is 5.91 Å². The van der Waals surface area contributed by atoms with Crippen LogP contribution < -0.4 is 0 Å². The van der Waals surface area contributed by atoms with E-state index in [1.165, 1.54) is 0 Å². The number of fused-ring (bicyclic) bond motifs is 1. The van der Waals surface area contributed by atoms with Crippen molar-refractivity contribution in [2.45, 2.75) is 38.7 Å². The van der Waals surface area contributed by atoms with E-state index in [9.17, 15) is 9.90 Å². The number of aliphatic hydroxyl groups is 1. The lowest BCUT2D eigenvalue weighted by Gasteiger charge is -2.31. The first kappa shape index (κ1) is 15.9. The molecule has 0 aromatic carbocycles. The van der Waals surface area contributed by atoms with Gasteiger partial charge in [0.15, 0.2) is 5.65 Å². The fourth-order valence-corrected chi connectivity index (χ4v) is 3.48. The summed E-state index contributed by atoms with van der Waals surface area (Å²) in [4.78, 5) is 18.7. The summed E-state index contributed by atoms with van der Waals surface area (Å²) in [5.41, 5.74) is 2.22. The highest BCUT2D eigenvalue weighted by molar-refractivity contribution is 5.97. The molecule has 1 saturated carbocycles. The molecule has 0 aliphatic heterocycles. The molecule has 2 heterocycles. The lowest BCUT2D eigenvalue weighted by atomic mass is 9.86. The van der Waals surface area contributed by atoms with Gasteiger partial charge in [-0.25, -0.2) is 4.98 Å². The van der Waals surface area contributed by atoms with Gasteiger partial charge in [0.1, 0.15) is 0 Å². The van der Waals surface area contributed by atoms with Gasteiger partial charge in [-0.2, -0.15) is 5.10 Å². The van der Waals surface area contributed by atoms with E-state index in [1.807, 2.05) is 20.0 Å². The average Bonchev–Trinajstić information content (AvgIpc) is 2.83. The molecule has 1 N–H and O–H groups in total. The van der Waals surface area contributed by atoms with E-state index in [4.69, 9.17) is 0 Å². The Balaban J connectivity index is 1.77. The summed E-state index contributed by atoms with van der Waals surface area (Å²) in [6, 6.07) is 1.86. The second kappa shape index (κ2) is 6.28. The second-order valence-electron chi connectivity index (χ2n) is 6.60. The molecule has 1 aliphatic rings. The van der Waals surface area contributed by atoms with E-state index in [1.54, 1.807) is 22.8 Å². The highest BCUT2D eigenvalue weighted by Crippen LogP contribution is 2.25. The van der Waals surface area contributed by atoms with Crippen LogP contribution in [0.5, 0.6) is 0 Å². The number of rotatable bonds is 3. The molecule has 2 atom stereocenters. The number of carbonyl (C=O) groups is 1. The fourth-order valence-electron chi connectivity index (χ4n) is 3.48. The third-order valence-corrected chi connectivity index (χ3v) is 4.83. The minimum absolute atomic E-state index is 0.0552. The van der Waals surface area contributed by atoms with Crippen LogP contribution in [0.4, 0.5) is 0 Å². The van der Waals surface area contributed by atoms with Gasteiger partial charge in [0, 0.05) is 38.1 Å². The summed E-state index contributed by atoms with van der Waals surface area (Å²) in [6.45, 7) is 2.50. The Morgan fingerprint density at radius 2 is 2.17 bits per heavy atom. The molecule has 0 saturated heterocycles. The largest absolute Gasteiger partial charge is 0.393 e. The molecule has 0 radical (unpaired) electrons. The molecule has 23 heavy (non-hydrogen) atoms. The highest BCUT2D eigenvalue weighted by atomic mass is 16.3. The molecule has 2 aromatic rings. The maximum absolute atomic E-state index is 12.7. The van der Waals surface area contributed by atoms with Gasteiger partial charge in [-0.15, -0.1) is 0 Å². The summed E-state index contributed by atoms with van der Waals surface area (Å²) in [6.07, 6.45) is 5.36. The molecule has 124 valence electrons. The molecule has 0 spiro atoms. The van der Waals surface area contributed by atoms with Crippen LogP contribution >= 0.6 is 0 Å². The van der Waals surface area contributed by atoms with Crippen molar-refractivity contribution in [3.63, 3.8) is 0 Å². The lowest BCUT2D eigenvalue weighted by molar-refractivity contribution is 0.0451. The van der Waals surface area contributed by atoms with Gasteiger partial charge in [0.05, 0.1) is 17.4 Å². The number of pyridine rings is 1. The Labute approximate surface area is 136 Å². The summed E-state index contributed by atoms with van der Waals surface area (Å²) in [7, 11) is 3.64.